The van der Waals surface area contributed by atoms with E-state index in [9.17, 15) is 13.6 Å². The molecule has 1 aliphatic carbocycles. The van der Waals surface area contributed by atoms with E-state index in [0.717, 1.165) is 12.8 Å². The molecule has 1 aromatic heterocycles. The van der Waals surface area contributed by atoms with Crippen LogP contribution in [0.25, 0.3) is 0 Å². The number of hydrogen-bond acceptors (Lipinski definition) is 2. The number of hydrogen-bond donors (Lipinski definition) is 1. The van der Waals surface area contributed by atoms with Crippen molar-refractivity contribution in [2.75, 3.05) is 0 Å². The summed E-state index contributed by atoms with van der Waals surface area (Å²) >= 11 is 5.95. The summed E-state index contributed by atoms with van der Waals surface area (Å²) in [5.41, 5.74) is 0.317. The lowest BCUT2D eigenvalue weighted by Crippen LogP contribution is -2.41. The van der Waals surface area contributed by atoms with Gasteiger partial charge in [0, 0.05) is 23.7 Å². The molecule has 1 N–H and O–H groups in total. The van der Waals surface area contributed by atoms with Crippen LogP contribution in [0.3, 0.4) is 0 Å². The molecule has 0 saturated heterocycles. The maximum absolute atomic E-state index is 14.1. The number of aromatic nitrogens is 1. The first-order valence-corrected chi connectivity index (χ1v) is 8.31. The molecule has 0 bridgehead atoms. The van der Waals surface area contributed by atoms with E-state index in [0.29, 0.717) is 12.8 Å². The van der Waals surface area contributed by atoms with Crippen LogP contribution in [0.15, 0.2) is 36.5 Å². The van der Waals surface area contributed by atoms with Crippen LogP contribution in [-0.2, 0) is 0 Å². The average molecular weight is 351 g/mol. The Morgan fingerprint density at radius 3 is 2.54 bits per heavy atom. The van der Waals surface area contributed by atoms with Crippen molar-refractivity contribution < 1.29 is 13.6 Å². The van der Waals surface area contributed by atoms with Crippen molar-refractivity contribution in [1.29, 1.82) is 0 Å². The molecule has 1 fully saturated rings. The van der Waals surface area contributed by atoms with E-state index in [2.05, 4.69) is 10.3 Å². The lowest BCUT2D eigenvalue weighted by molar-refractivity contribution is 0.0919. The van der Waals surface area contributed by atoms with E-state index in [1.165, 1.54) is 24.4 Å². The molecule has 1 aliphatic rings. The second-order valence-electron chi connectivity index (χ2n) is 5.95. The fraction of sp³-hybridized carbons (Fsp3) is 0.333. The lowest BCUT2D eigenvalue weighted by Gasteiger charge is -2.33. The van der Waals surface area contributed by atoms with Crippen molar-refractivity contribution in [1.82, 2.24) is 10.3 Å². The largest absolute Gasteiger partial charge is 0.349 e. The van der Waals surface area contributed by atoms with E-state index in [1.807, 2.05) is 0 Å². The molecular formula is C18H17ClF2N2O. The number of carbonyl (C=O) groups is 1. The van der Waals surface area contributed by atoms with Gasteiger partial charge in [-0.1, -0.05) is 30.5 Å². The Balaban J connectivity index is 1.85. The number of rotatable bonds is 3. The fourth-order valence-corrected chi connectivity index (χ4v) is 3.52. The number of nitrogens with zero attached hydrogens (tertiary/aromatic N) is 1. The first-order chi connectivity index (χ1) is 11.6. The standard InChI is InChI=1S/C18H17ClF2N2O/c19-17-12(6-4-10-22-17)18(24)23-15-9-2-1-5-11(15)16-13(20)7-3-8-14(16)21/h3-4,6-8,10-11,15H,1-2,5,9H2,(H,23,24)/t11-,15+/m1/s1. The van der Waals surface area contributed by atoms with Gasteiger partial charge in [-0.25, -0.2) is 13.8 Å². The molecule has 3 nitrogen and oxygen atoms in total. The third kappa shape index (κ3) is 3.41. The summed E-state index contributed by atoms with van der Waals surface area (Å²) in [6.07, 6.45) is 4.57. The van der Waals surface area contributed by atoms with Gasteiger partial charge in [-0.3, -0.25) is 4.79 Å². The summed E-state index contributed by atoms with van der Waals surface area (Å²) in [7, 11) is 0. The van der Waals surface area contributed by atoms with Gasteiger partial charge in [0.2, 0.25) is 0 Å². The average Bonchev–Trinajstić information content (AvgIpc) is 2.56. The predicted molar refractivity (Wildman–Crippen MR) is 88.1 cm³/mol. The smallest absolute Gasteiger partial charge is 0.254 e. The molecule has 126 valence electrons. The molecule has 1 heterocycles. The number of nitrogens with one attached hydrogen (secondary N) is 1. The third-order valence-electron chi connectivity index (χ3n) is 4.46. The molecule has 0 unspecified atom stereocenters. The van der Waals surface area contributed by atoms with E-state index < -0.39 is 11.6 Å². The van der Waals surface area contributed by atoms with E-state index in [-0.39, 0.29) is 34.1 Å². The molecule has 0 spiro atoms. The Hall–Kier alpha value is -2.01. The summed E-state index contributed by atoms with van der Waals surface area (Å²) in [5.74, 6) is -1.90. The van der Waals surface area contributed by atoms with Gasteiger partial charge in [-0.2, -0.15) is 0 Å². The molecule has 0 radical (unpaired) electrons. The Kier molecular flexibility index (Phi) is 5.09. The van der Waals surface area contributed by atoms with Crippen molar-refractivity contribution in [2.24, 2.45) is 0 Å². The zero-order chi connectivity index (χ0) is 17.1. The van der Waals surface area contributed by atoms with Crippen LogP contribution in [0.4, 0.5) is 8.78 Å². The van der Waals surface area contributed by atoms with Crippen LogP contribution in [0.1, 0.15) is 47.5 Å². The SMILES string of the molecule is O=C(N[C@H]1CCCC[C@H]1c1c(F)cccc1F)c1cccnc1Cl. The topological polar surface area (TPSA) is 42.0 Å². The van der Waals surface area contributed by atoms with Gasteiger partial charge in [0.1, 0.15) is 16.8 Å². The third-order valence-corrected chi connectivity index (χ3v) is 4.76. The molecule has 1 aromatic carbocycles. The summed E-state index contributed by atoms with van der Waals surface area (Å²) in [4.78, 5) is 16.3. The molecule has 1 saturated carbocycles. The summed E-state index contributed by atoms with van der Waals surface area (Å²) in [6.45, 7) is 0. The van der Waals surface area contributed by atoms with Gasteiger partial charge in [0.15, 0.2) is 0 Å². The second kappa shape index (κ2) is 7.26. The molecule has 1 amide bonds. The molecule has 24 heavy (non-hydrogen) atoms. The van der Waals surface area contributed by atoms with Crippen LogP contribution in [-0.4, -0.2) is 16.9 Å². The monoisotopic (exact) mass is 350 g/mol. The number of amides is 1. The maximum atomic E-state index is 14.1. The lowest BCUT2D eigenvalue weighted by atomic mass is 9.79. The molecule has 0 aliphatic heterocycles. The molecular weight excluding hydrogens is 334 g/mol. The minimum atomic E-state index is -0.569. The van der Waals surface area contributed by atoms with Crippen molar-refractivity contribution in [2.45, 2.75) is 37.6 Å². The zero-order valence-corrected chi connectivity index (χ0v) is 13.7. The van der Waals surface area contributed by atoms with E-state index in [1.54, 1.807) is 12.1 Å². The van der Waals surface area contributed by atoms with E-state index >= 15 is 0 Å². The minimum Gasteiger partial charge on any atom is -0.349 e. The normalized spacial score (nSPS) is 20.6. The van der Waals surface area contributed by atoms with Gasteiger partial charge < -0.3 is 5.32 Å². The van der Waals surface area contributed by atoms with Crippen LogP contribution in [0, 0.1) is 11.6 Å². The van der Waals surface area contributed by atoms with Crippen LogP contribution < -0.4 is 5.32 Å². The van der Waals surface area contributed by atoms with Gasteiger partial charge in [0.25, 0.3) is 5.91 Å². The van der Waals surface area contributed by atoms with Crippen LogP contribution in [0.5, 0.6) is 0 Å². The molecule has 6 heteroatoms. The zero-order valence-electron chi connectivity index (χ0n) is 12.9. The molecule has 2 aromatic rings. The van der Waals surface area contributed by atoms with Crippen molar-refractivity contribution in [3.8, 4) is 0 Å². The molecule has 3 rings (SSSR count). The Bertz CT molecular complexity index is 733. The Morgan fingerprint density at radius 2 is 1.83 bits per heavy atom. The quantitative estimate of drug-likeness (QED) is 0.830. The number of carbonyl (C=O) groups excluding carboxylic acids is 1. The van der Waals surface area contributed by atoms with Gasteiger partial charge in [-0.15, -0.1) is 0 Å². The number of pyridine rings is 1. The summed E-state index contributed by atoms with van der Waals surface area (Å²) in [5, 5.41) is 2.99. The Morgan fingerprint density at radius 1 is 1.12 bits per heavy atom. The molecule has 2 atom stereocenters. The number of halogens is 3. The summed E-state index contributed by atoms with van der Waals surface area (Å²) in [6, 6.07) is 6.71. The van der Waals surface area contributed by atoms with Gasteiger partial charge in [-0.05, 0) is 37.1 Å². The predicted octanol–water partition coefficient (Wildman–Crippen LogP) is 4.47. The highest BCUT2D eigenvalue weighted by Crippen LogP contribution is 2.36. The van der Waals surface area contributed by atoms with Gasteiger partial charge >= 0.3 is 0 Å². The van der Waals surface area contributed by atoms with Crippen LogP contribution in [0.2, 0.25) is 5.15 Å². The van der Waals surface area contributed by atoms with Crippen molar-refractivity contribution in [3.05, 3.63) is 64.4 Å². The van der Waals surface area contributed by atoms with Gasteiger partial charge in [0.05, 0.1) is 5.56 Å². The highest BCUT2D eigenvalue weighted by molar-refractivity contribution is 6.32. The highest BCUT2D eigenvalue weighted by Gasteiger charge is 2.32. The minimum absolute atomic E-state index is 0.0554. The fourth-order valence-electron chi connectivity index (χ4n) is 3.32. The van der Waals surface area contributed by atoms with E-state index in [4.69, 9.17) is 11.6 Å². The highest BCUT2D eigenvalue weighted by atomic mass is 35.5. The number of benzene rings is 1. The van der Waals surface area contributed by atoms with Crippen LogP contribution >= 0.6 is 11.6 Å². The Labute approximate surface area is 144 Å². The van der Waals surface area contributed by atoms with Crippen molar-refractivity contribution >= 4 is 17.5 Å². The maximum Gasteiger partial charge on any atom is 0.254 e. The summed E-state index contributed by atoms with van der Waals surface area (Å²) < 4.78 is 28.3. The second-order valence-corrected chi connectivity index (χ2v) is 6.31. The first kappa shape index (κ1) is 16.8. The van der Waals surface area contributed by atoms with Crippen molar-refractivity contribution in [3.63, 3.8) is 0 Å². The first-order valence-electron chi connectivity index (χ1n) is 7.93.